The second-order valence-electron chi connectivity index (χ2n) is 3.86. The third-order valence-electron chi connectivity index (χ3n) is 2.67. The number of para-hydroxylation sites is 1. The molecular weight excluding hydrogens is 226 g/mol. The van der Waals surface area contributed by atoms with Crippen molar-refractivity contribution in [1.29, 1.82) is 5.26 Å². The molecule has 0 aliphatic carbocycles. The van der Waals surface area contributed by atoms with Crippen LogP contribution in [0.5, 0.6) is 0 Å². The first-order valence-electron chi connectivity index (χ1n) is 5.41. The van der Waals surface area contributed by atoms with Gasteiger partial charge < -0.3 is 16.8 Å². The molecule has 0 spiro atoms. The molecule has 0 bridgehead atoms. The van der Waals surface area contributed by atoms with Crippen LogP contribution in [0.1, 0.15) is 11.1 Å². The van der Waals surface area contributed by atoms with E-state index in [2.05, 4.69) is 10.3 Å². The van der Waals surface area contributed by atoms with Crippen LogP contribution < -0.4 is 16.8 Å². The van der Waals surface area contributed by atoms with Gasteiger partial charge in [0.2, 0.25) is 0 Å². The van der Waals surface area contributed by atoms with E-state index in [-0.39, 0.29) is 5.82 Å². The topological polar surface area (TPSA) is 101 Å². The molecule has 0 unspecified atom stereocenters. The van der Waals surface area contributed by atoms with E-state index in [0.717, 1.165) is 5.69 Å². The molecule has 1 aromatic heterocycles. The minimum Gasteiger partial charge on any atom is -0.395 e. The van der Waals surface area contributed by atoms with Crippen molar-refractivity contribution in [2.45, 2.75) is 6.92 Å². The van der Waals surface area contributed by atoms with Crippen LogP contribution in [-0.2, 0) is 0 Å². The van der Waals surface area contributed by atoms with Gasteiger partial charge in [0.15, 0.2) is 5.82 Å². The second-order valence-corrected chi connectivity index (χ2v) is 3.86. The van der Waals surface area contributed by atoms with Crippen LogP contribution in [0.15, 0.2) is 30.3 Å². The van der Waals surface area contributed by atoms with Crippen LogP contribution in [0, 0.1) is 18.3 Å². The molecular formula is C13H13N5. The summed E-state index contributed by atoms with van der Waals surface area (Å²) in [6.07, 6.45) is 0. The van der Waals surface area contributed by atoms with Gasteiger partial charge in [-0.2, -0.15) is 5.26 Å². The molecule has 90 valence electrons. The van der Waals surface area contributed by atoms with E-state index in [0.29, 0.717) is 22.6 Å². The molecule has 0 radical (unpaired) electrons. The Balaban J connectivity index is 2.45. The summed E-state index contributed by atoms with van der Waals surface area (Å²) in [5.74, 6) is 0.651. The number of anilines is 4. The molecule has 0 atom stereocenters. The van der Waals surface area contributed by atoms with E-state index in [4.69, 9.17) is 16.7 Å². The zero-order valence-corrected chi connectivity index (χ0v) is 9.94. The molecule has 5 heteroatoms. The maximum Gasteiger partial charge on any atom is 0.156 e. The van der Waals surface area contributed by atoms with E-state index >= 15 is 0 Å². The summed E-state index contributed by atoms with van der Waals surface area (Å²) < 4.78 is 0. The molecule has 5 N–H and O–H groups in total. The molecule has 5 nitrogen and oxygen atoms in total. The highest BCUT2D eigenvalue weighted by Gasteiger charge is 2.12. The lowest BCUT2D eigenvalue weighted by molar-refractivity contribution is 1.26. The molecule has 0 amide bonds. The Morgan fingerprint density at radius 1 is 1.22 bits per heavy atom. The van der Waals surface area contributed by atoms with Crippen molar-refractivity contribution >= 4 is 23.0 Å². The quantitative estimate of drug-likeness (QED) is 0.745. The summed E-state index contributed by atoms with van der Waals surface area (Å²) in [5.41, 5.74) is 13.9. The Bertz CT molecular complexity index is 614. The maximum atomic E-state index is 8.96. The third-order valence-corrected chi connectivity index (χ3v) is 2.67. The predicted octanol–water partition coefficient (Wildman–Crippen LogP) is 2.17. The van der Waals surface area contributed by atoms with Gasteiger partial charge in [-0.3, -0.25) is 0 Å². The monoisotopic (exact) mass is 239 g/mol. The largest absolute Gasteiger partial charge is 0.395 e. The number of nitriles is 1. The van der Waals surface area contributed by atoms with E-state index in [1.807, 2.05) is 36.4 Å². The van der Waals surface area contributed by atoms with Gasteiger partial charge >= 0.3 is 0 Å². The molecule has 0 aliphatic heterocycles. The fourth-order valence-electron chi connectivity index (χ4n) is 1.64. The molecule has 0 saturated carbocycles. The summed E-state index contributed by atoms with van der Waals surface area (Å²) in [6, 6.07) is 11.5. The number of rotatable bonds is 2. The van der Waals surface area contributed by atoms with E-state index in [9.17, 15) is 0 Å². The summed E-state index contributed by atoms with van der Waals surface area (Å²) >= 11 is 0. The number of benzene rings is 1. The number of nitrogens with two attached hydrogens (primary N) is 2. The Hall–Kier alpha value is -2.74. The predicted molar refractivity (Wildman–Crippen MR) is 72.2 cm³/mol. The summed E-state index contributed by atoms with van der Waals surface area (Å²) in [7, 11) is 0. The fraction of sp³-hybridized carbons (Fsp3) is 0.0769. The lowest BCUT2D eigenvalue weighted by Crippen LogP contribution is -2.07. The van der Waals surface area contributed by atoms with Gasteiger partial charge in [-0.15, -0.1) is 0 Å². The van der Waals surface area contributed by atoms with Crippen LogP contribution in [0.4, 0.5) is 23.0 Å². The maximum absolute atomic E-state index is 8.96. The summed E-state index contributed by atoms with van der Waals surface area (Å²) in [5, 5.41) is 12.0. The molecule has 0 saturated heterocycles. The van der Waals surface area contributed by atoms with Gasteiger partial charge in [-0.05, 0) is 24.6 Å². The summed E-state index contributed by atoms with van der Waals surface area (Å²) in [6.45, 7) is 1.75. The molecule has 2 aromatic rings. The third kappa shape index (κ3) is 2.04. The van der Waals surface area contributed by atoms with Gasteiger partial charge in [-0.1, -0.05) is 18.2 Å². The molecule has 0 aliphatic rings. The van der Waals surface area contributed by atoms with Crippen LogP contribution in [0.2, 0.25) is 0 Å². The van der Waals surface area contributed by atoms with Crippen LogP contribution in [-0.4, -0.2) is 4.98 Å². The van der Waals surface area contributed by atoms with Gasteiger partial charge in [0, 0.05) is 5.69 Å². The van der Waals surface area contributed by atoms with Crippen molar-refractivity contribution < 1.29 is 0 Å². The van der Waals surface area contributed by atoms with E-state index in [1.165, 1.54) is 0 Å². The lowest BCUT2D eigenvalue weighted by atomic mass is 10.1. The van der Waals surface area contributed by atoms with E-state index in [1.54, 1.807) is 6.92 Å². The number of aromatic nitrogens is 1. The van der Waals surface area contributed by atoms with E-state index < -0.39 is 0 Å². The normalized spacial score (nSPS) is 9.78. The highest BCUT2D eigenvalue weighted by atomic mass is 15.0. The Morgan fingerprint density at radius 3 is 2.50 bits per heavy atom. The van der Waals surface area contributed by atoms with Crippen LogP contribution >= 0.6 is 0 Å². The van der Waals surface area contributed by atoms with Crippen molar-refractivity contribution in [3.63, 3.8) is 0 Å². The van der Waals surface area contributed by atoms with Gasteiger partial charge in [0.25, 0.3) is 0 Å². The zero-order chi connectivity index (χ0) is 13.1. The number of nitrogen functional groups attached to an aromatic ring is 2. The standard InChI is InChI=1S/C13H13N5/c1-8-10(7-14)12(16)18-13(11(8)15)17-9-5-3-2-4-6-9/h2-6H,15H2,1H3,(H3,16,17,18). The highest BCUT2D eigenvalue weighted by molar-refractivity contribution is 5.77. The SMILES string of the molecule is Cc1c(N)c(Nc2ccccc2)nc(N)c1C#N. The van der Waals surface area contributed by atoms with Crippen molar-refractivity contribution in [2.75, 3.05) is 16.8 Å². The Morgan fingerprint density at radius 2 is 1.89 bits per heavy atom. The summed E-state index contributed by atoms with van der Waals surface area (Å²) in [4.78, 5) is 4.12. The Kier molecular flexibility index (Phi) is 3.02. The zero-order valence-electron chi connectivity index (χ0n) is 9.94. The molecule has 0 fully saturated rings. The lowest BCUT2D eigenvalue weighted by Gasteiger charge is -2.12. The number of pyridine rings is 1. The minimum atomic E-state index is 0.183. The highest BCUT2D eigenvalue weighted by Crippen LogP contribution is 2.28. The molecule has 1 heterocycles. The number of nitrogens with one attached hydrogen (secondary N) is 1. The number of nitrogens with zero attached hydrogens (tertiary/aromatic N) is 2. The van der Waals surface area contributed by atoms with Crippen molar-refractivity contribution in [2.24, 2.45) is 0 Å². The van der Waals surface area contributed by atoms with Gasteiger partial charge in [0.1, 0.15) is 11.9 Å². The minimum absolute atomic E-state index is 0.183. The van der Waals surface area contributed by atoms with Gasteiger partial charge in [-0.25, -0.2) is 4.98 Å². The van der Waals surface area contributed by atoms with Crippen LogP contribution in [0.25, 0.3) is 0 Å². The van der Waals surface area contributed by atoms with Crippen molar-refractivity contribution in [1.82, 2.24) is 4.98 Å². The second kappa shape index (κ2) is 4.63. The first kappa shape index (κ1) is 11.7. The molecule has 2 rings (SSSR count). The first-order chi connectivity index (χ1) is 8.63. The van der Waals surface area contributed by atoms with Crippen molar-refractivity contribution in [3.8, 4) is 6.07 Å². The smallest absolute Gasteiger partial charge is 0.156 e. The van der Waals surface area contributed by atoms with Crippen LogP contribution in [0.3, 0.4) is 0 Å². The molecule has 1 aromatic carbocycles. The first-order valence-corrected chi connectivity index (χ1v) is 5.41. The van der Waals surface area contributed by atoms with Crippen molar-refractivity contribution in [3.05, 3.63) is 41.5 Å². The van der Waals surface area contributed by atoms with Gasteiger partial charge in [0.05, 0.1) is 11.3 Å². The Labute approximate surface area is 105 Å². The average Bonchev–Trinajstić information content (AvgIpc) is 2.37. The number of hydrogen-bond donors (Lipinski definition) is 3. The molecule has 18 heavy (non-hydrogen) atoms. The average molecular weight is 239 g/mol. The fourth-order valence-corrected chi connectivity index (χ4v) is 1.64. The number of hydrogen-bond acceptors (Lipinski definition) is 5.